The van der Waals surface area contributed by atoms with Crippen LogP contribution in [0, 0.1) is 0 Å². The number of esters is 1. The zero-order valence-corrected chi connectivity index (χ0v) is 5.53. The van der Waals surface area contributed by atoms with Gasteiger partial charge in [0, 0.05) is 0 Å². The van der Waals surface area contributed by atoms with E-state index in [1.807, 2.05) is 6.92 Å². The van der Waals surface area contributed by atoms with Crippen molar-refractivity contribution >= 4 is 12.2 Å². The number of nitrogens with zero attached hydrogens (tertiary/aromatic N) is 1. The molecule has 0 atom stereocenters. The molecule has 4 nitrogen and oxygen atoms in total. The van der Waals surface area contributed by atoms with Crippen LogP contribution >= 0.6 is 0 Å². The second-order valence-corrected chi connectivity index (χ2v) is 1.59. The Morgan fingerprint density at radius 2 is 2.70 bits per heavy atom. The van der Waals surface area contributed by atoms with Crippen molar-refractivity contribution in [2.75, 3.05) is 6.61 Å². The lowest BCUT2D eigenvalue weighted by Crippen LogP contribution is -1.94. The third-order valence-electron chi connectivity index (χ3n) is 0.853. The lowest BCUT2D eigenvalue weighted by atomic mass is 10.8. The Morgan fingerprint density at radius 1 is 1.90 bits per heavy atom. The molecule has 54 valence electrons. The third kappa shape index (κ3) is 1.58. The van der Waals surface area contributed by atoms with Gasteiger partial charge in [-0.1, -0.05) is 0 Å². The Balaban J connectivity index is 2.45. The highest BCUT2D eigenvalue weighted by Crippen LogP contribution is 2.04. The van der Waals surface area contributed by atoms with Gasteiger partial charge < -0.3 is 9.47 Å². The van der Waals surface area contributed by atoms with Crippen molar-refractivity contribution in [2.45, 2.75) is 6.92 Å². The summed E-state index contributed by atoms with van der Waals surface area (Å²) in [6, 6.07) is 0. The van der Waals surface area contributed by atoms with Gasteiger partial charge in [-0.3, -0.25) is 0 Å². The third-order valence-corrected chi connectivity index (χ3v) is 0.853. The standard InChI is InChI=1S/C6H7NO3/c1-2-9-4-5-7-3-6(8)10-5/h3-4H,2H2,1H3. The molecule has 0 bridgehead atoms. The van der Waals surface area contributed by atoms with E-state index in [1.165, 1.54) is 6.26 Å². The molecule has 1 heterocycles. The van der Waals surface area contributed by atoms with E-state index in [0.29, 0.717) is 6.61 Å². The van der Waals surface area contributed by atoms with Gasteiger partial charge in [0.2, 0.25) is 0 Å². The molecule has 0 radical (unpaired) electrons. The summed E-state index contributed by atoms with van der Waals surface area (Å²) in [4.78, 5) is 13.9. The summed E-state index contributed by atoms with van der Waals surface area (Å²) in [6.07, 6.45) is 2.41. The van der Waals surface area contributed by atoms with Gasteiger partial charge in [-0.2, -0.15) is 0 Å². The minimum absolute atomic E-state index is 0.215. The fourth-order valence-electron chi connectivity index (χ4n) is 0.481. The molecular formula is C6H7NO3. The van der Waals surface area contributed by atoms with Crippen LogP contribution in [0.2, 0.25) is 0 Å². The number of hydrogen-bond donors (Lipinski definition) is 0. The average Bonchev–Trinajstić information content (AvgIpc) is 2.31. The molecule has 1 rings (SSSR count). The van der Waals surface area contributed by atoms with E-state index >= 15 is 0 Å². The van der Waals surface area contributed by atoms with Crippen molar-refractivity contribution < 1.29 is 14.3 Å². The minimum Gasteiger partial charge on any atom is -0.496 e. The van der Waals surface area contributed by atoms with Crippen molar-refractivity contribution in [3.05, 3.63) is 12.1 Å². The number of rotatable bonds is 2. The predicted octanol–water partition coefficient (Wildman–Crippen LogP) is 0.449. The highest BCUT2D eigenvalue weighted by molar-refractivity contribution is 6.25. The van der Waals surface area contributed by atoms with E-state index in [0.717, 1.165) is 6.21 Å². The van der Waals surface area contributed by atoms with Gasteiger partial charge in [-0.25, -0.2) is 9.79 Å². The second kappa shape index (κ2) is 3.00. The molecule has 0 aromatic heterocycles. The summed E-state index contributed by atoms with van der Waals surface area (Å²) in [5.41, 5.74) is 0. The highest BCUT2D eigenvalue weighted by Gasteiger charge is 2.10. The molecular weight excluding hydrogens is 134 g/mol. The Kier molecular flexibility index (Phi) is 2.04. The van der Waals surface area contributed by atoms with Crippen LogP contribution in [0.4, 0.5) is 0 Å². The molecule has 1 aliphatic rings. The summed E-state index contributed by atoms with van der Waals surface area (Å²) in [5.74, 6) is -0.238. The molecule has 10 heavy (non-hydrogen) atoms. The van der Waals surface area contributed by atoms with Crippen LogP contribution < -0.4 is 0 Å². The van der Waals surface area contributed by atoms with E-state index in [2.05, 4.69) is 9.73 Å². The van der Waals surface area contributed by atoms with E-state index in [1.54, 1.807) is 0 Å². The first-order valence-electron chi connectivity index (χ1n) is 2.90. The summed E-state index contributed by atoms with van der Waals surface area (Å²) >= 11 is 0. The molecule has 0 aromatic rings. The molecule has 0 aliphatic carbocycles. The molecule has 1 aliphatic heterocycles. The smallest absolute Gasteiger partial charge is 0.356 e. The summed E-state index contributed by atoms with van der Waals surface area (Å²) in [5, 5.41) is 0. The zero-order valence-electron chi connectivity index (χ0n) is 5.53. The van der Waals surface area contributed by atoms with Gasteiger partial charge in [-0.15, -0.1) is 0 Å². The molecule has 0 spiro atoms. The largest absolute Gasteiger partial charge is 0.496 e. The fourth-order valence-corrected chi connectivity index (χ4v) is 0.481. The number of hydrogen-bond acceptors (Lipinski definition) is 4. The maximum absolute atomic E-state index is 10.3. The number of cyclic esters (lactones) is 1. The van der Waals surface area contributed by atoms with Crippen LogP contribution in [0.25, 0.3) is 0 Å². The van der Waals surface area contributed by atoms with E-state index < -0.39 is 5.97 Å². The minimum atomic E-state index is -0.453. The molecule has 0 saturated heterocycles. The first-order valence-corrected chi connectivity index (χ1v) is 2.90. The van der Waals surface area contributed by atoms with E-state index in [-0.39, 0.29) is 5.88 Å². The zero-order chi connectivity index (χ0) is 7.40. The topological polar surface area (TPSA) is 47.9 Å². The van der Waals surface area contributed by atoms with E-state index in [9.17, 15) is 4.79 Å². The van der Waals surface area contributed by atoms with Crippen molar-refractivity contribution in [1.29, 1.82) is 0 Å². The lowest BCUT2D eigenvalue weighted by Gasteiger charge is -1.93. The molecule has 4 heteroatoms. The van der Waals surface area contributed by atoms with Gasteiger partial charge in [0.25, 0.3) is 5.88 Å². The number of carbonyl (C=O) groups excluding carboxylic acids is 1. The molecule has 0 amide bonds. The molecule has 0 unspecified atom stereocenters. The summed E-state index contributed by atoms with van der Waals surface area (Å²) in [7, 11) is 0. The van der Waals surface area contributed by atoms with Gasteiger partial charge in [0.05, 0.1) is 6.61 Å². The quantitative estimate of drug-likeness (QED) is 0.414. The van der Waals surface area contributed by atoms with E-state index in [4.69, 9.17) is 4.74 Å². The maximum Gasteiger partial charge on any atom is 0.356 e. The SMILES string of the molecule is CCOC=C1N=CC(=O)O1. The van der Waals surface area contributed by atoms with Crippen molar-refractivity contribution in [2.24, 2.45) is 4.99 Å². The van der Waals surface area contributed by atoms with Crippen LogP contribution in [0.1, 0.15) is 6.92 Å². The highest BCUT2D eigenvalue weighted by atomic mass is 16.6. The molecule has 0 saturated carbocycles. The van der Waals surface area contributed by atoms with Gasteiger partial charge in [-0.05, 0) is 6.92 Å². The average molecular weight is 141 g/mol. The van der Waals surface area contributed by atoms with Gasteiger partial charge in [0.15, 0.2) is 0 Å². The van der Waals surface area contributed by atoms with Crippen molar-refractivity contribution in [3.63, 3.8) is 0 Å². The summed E-state index contributed by atoms with van der Waals surface area (Å²) in [6.45, 7) is 2.37. The van der Waals surface area contributed by atoms with Crippen LogP contribution in [-0.4, -0.2) is 18.8 Å². The second-order valence-electron chi connectivity index (χ2n) is 1.59. The first-order chi connectivity index (χ1) is 4.83. The maximum atomic E-state index is 10.3. The van der Waals surface area contributed by atoms with Gasteiger partial charge >= 0.3 is 5.97 Å². The number of ether oxygens (including phenoxy) is 2. The molecule has 0 aromatic carbocycles. The lowest BCUT2D eigenvalue weighted by molar-refractivity contribution is -0.130. The van der Waals surface area contributed by atoms with Crippen molar-refractivity contribution in [3.8, 4) is 0 Å². The molecule has 0 fully saturated rings. The van der Waals surface area contributed by atoms with Crippen molar-refractivity contribution in [1.82, 2.24) is 0 Å². The van der Waals surface area contributed by atoms with Crippen LogP contribution in [0.15, 0.2) is 17.1 Å². The Hall–Kier alpha value is -1.32. The van der Waals surface area contributed by atoms with Gasteiger partial charge in [0.1, 0.15) is 12.5 Å². The Morgan fingerprint density at radius 3 is 3.20 bits per heavy atom. The van der Waals surface area contributed by atoms with Crippen LogP contribution in [-0.2, 0) is 14.3 Å². The summed E-state index contributed by atoms with van der Waals surface area (Å²) < 4.78 is 9.35. The van der Waals surface area contributed by atoms with Crippen LogP contribution in [0.5, 0.6) is 0 Å². The normalized spacial score (nSPS) is 19.7. The predicted molar refractivity (Wildman–Crippen MR) is 34.3 cm³/mol. The Labute approximate surface area is 58.2 Å². The monoisotopic (exact) mass is 141 g/mol. The first kappa shape index (κ1) is 6.80. The Bertz CT molecular complexity index is 195. The molecule has 0 N–H and O–H groups in total. The fraction of sp³-hybridized carbons (Fsp3) is 0.333. The van der Waals surface area contributed by atoms with Crippen LogP contribution in [0.3, 0.4) is 0 Å². The number of aliphatic imine (C=N–C) groups is 1. The number of carbonyl (C=O) groups is 1.